The van der Waals surface area contributed by atoms with E-state index in [4.69, 9.17) is 11.6 Å². The quantitative estimate of drug-likeness (QED) is 0.402. The molecule has 3 rings (SSSR count). The fourth-order valence-corrected chi connectivity index (χ4v) is 4.57. The molecule has 0 atom stereocenters. The second kappa shape index (κ2) is 7.70. The molecule has 148 valence electrons. The van der Waals surface area contributed by atoms with E-state index < -0.39 is 20.9 Å². The molecule has 1 aliphatic heterocycles. The minimum Gasteiger partial charge on any atom is -0.468 e. The highest BCUT2D eigenvalue weighted by Crippen LogP contribution is 2.34. The highest BCUT2D eigenvalue weighted by molar-refractivity contribution is 7.89. The number of carbonyl (C=O) groups excluding carboxylic acids is 1. The number of carbonyl (C=O) groups is 1. The Morgan fingerprint density at radius 1 is 1.39 bits per heavy atom. The van der Waals surface area contributed by atoms with E-state index in [9.17, 15) is 23.3 Å². The number of methoxy groups -OCH3 is 1. The zero-order valence-electron chi connectivity index (χ0n) is 14.6. The fraction of sp³-hybridized carbons (Fsp3) is 0.250. The molecule has 0 saturated carbocycles. The number of fused-ring (bicyclic) bond motifs is 1. The Morgan fingerprint density at radius 2 is 2.14 bits per heavy atom. The summed E-state index contributed by atoms with van der Waals surface area (Å²) >= 11 is 5.92. The van der Waals surface area contributed by atoms with Crippen LogP contribution >= 0.6 is 11.6 Å². The summed E-state index contributed by atoms with van der Waals surface area (Å²) in [6, 6.07) is 6.92. The molecule has 2 heterocycles. The van der Waals surface area contributed by atoms with Crippen LogP contribution in [0.25, 0.3) is 0 Å². The molecule has 0 spiro atoms. The Bertz CT molecular complexity index is 1050. The lowest BCUT2D eigenvalue weighted by molar-refractivity contribution is -0.384. The molecule has 0 N–H and O–H groups in total. The number of non-ortho nitro benzene ring substituents is 1. The van der Waals surface area contributed by atoms with Crippen LogP contribution in [0.2, 0.25) is 5.02 Å². The third-order valence-electron chi connectivity index (χ3n) is 4.07. The fourth-order valence-electron chi connectivity index (χ4n) is 2.77. The van der Waals surface area contributed by atoms with E-state index in [0.29, 0.717) is 5.56 Å². The van der Waals surface area contributed by atoms with Gasteiger partial charge in [0, 0.05) is 24.9 Å². The lowest BCUT2D eigenvalue weighted by Crippen LogP contribution is -2.48. The van der Waals surface area contributed by atoms with E-state index in [2.05, 4.69) is 9.72 Å². The van der Waals surface area contributed by atoms with Crippen molar-refractivity contribution in [2.75, 3.05) is 25.2 Å². The van der Waals surface area contributed by atoms with E-state index in [1.807, 2.05) is 0 Å². The minimum atomic E-state index is -3.99. The molecule has 0 saturated heterocycles. The number of hydrogen-bond acceptors (Lipinski definition) is 8. The first-order valence-electron chi connectivity index (χ1n) is 7.93. The van der Waals surface area contributed by atoms with Gasteiger partial charge in [-0.05, 0) is 11.6 Å². The lowest BCUT2D eigenvalue weighted by Gasteiger charge is -2.36. The number of rotatable bonds is 5. The van der Waals surface area contributed by atoms with Gasteiger partial charge in [-0.15, -0.1) is 0 Å². The third-order valence-corrected chi connectivity index (χ3v) is 6.06. The summed E-state index contributed by atoms with van der Waals surface area (Å²) in [4.78, 5) is 27.5. The molecule has 0 aliphatic carbocycles. The van der Waals surface area contributed by atoms with Gasteiger partial charge in [0.15, 0.2) is 0 Å². The van der Waals surface area contributed by atoms with Crippen LogP contribution in [0.5, 0.6) is 0 Å². The average Bonchev–Trinajstić information content (AvgIpc) is 2.66. The highest BCUT2D eigenvalue weighted by Gasteiger charge is 2.37. The van der Waals surface area contributed by atoms with Crippen molar-refractivity contribution < 1.29 is 22.9 Å². The topological polar surface area (TPSA) is 123 Å². The SMILES string of the molecule is COC(=O)CN1CN(Cc2cccc([N+](=O)[O-])c2)S(=O)(=O)c2cc(Cl)cnc21. The van der Waals surface area contributed by atoms with Crippen LogP contribution in [0.3, 0.4) is 0 Å². The molecule has 0 unspecified atom stereocenters. The summed E-state index contributed by atoms with van der Waals surface area (Å²) < 4.78 is 31.8. The Labute approximate surface area is 165 Å². The number of hydrogen-bond donors (Lipinski definition) is 0. The Morgan fingerprint density at radius 3 is 2.82 bits per heavy atom. The number of ether oxygens (including phenoxy) is 1. The number of nitro benzene ring substituents is 1. The number of sulfonamides is 1. The number of esters is 1. The number of nitro groups is 1. The molecule has 0 fully saturated rings. The van der Waals surface area contributed by atoms with Crippen molar-refractivity contribution in [3.8, 4) is 0 Å². The average molecular weight is 427 g/mol. The van der Waals surface area contributed by atoms with E-state index in [1.165, 1.54) is 42.5 Å². The number of aromatic nitrogens is 1. The summed E-state index contributed by atoms with van der Waals surface area (Å²) in [5, 5.41) is 11.1. The van der Waals surface area contributed by atoms with Crippen molar-refractivity contribution >= 4 is 39.1 Å². The first-order valence-corrected chi connectivity index (χ1v) is 9.75. The van der Waals surface area contributed by atoms with Crippen LogP contribution in [-0.2, 0) is 26.1 Å². The Kier molecular flexibility index (Phi) is 5.49. The lowest BCUT2D eigenvalue weighted by atomic mass is 10.2. The van der Waals surface area contributed by atoms with Crippen molar-refractivity contribution in [2.45, 2.75) is 11.4 Å². The summed E-state index contributed by atoms with van der Waals surface area (Å²) in [6.07, 6.45) is 1.29. The summed E-state index contributed by atoms with van der Waals surface area (Å²) in [5.74, 6) is -0.484. The van der Waals surface area contributed by atoms with Crippen molar-refractivity contribution in [1.29, 1.82) is 0 Å². The predicted octanol–water partition coefficient (Wildman–Crippen LogP) is 1.78. The first kappa shape index (κ1) is 20.0. The smallest absolute Gasteiger partial charge is 0.325 e. The molecule has 2 aromatic rings. The van der Waals surface area contributed by atoms with Crippen molar-refractivity contribution in [2.24, 2.45) is 0 Å². The molecular weight excluding hydrogens is 412 g/mol. The van der Waals surface area contributed by atoms with Crippen molar-refractivity contribution in [3.05, 3.63) is 57.2 Å². The van der Waals surface area contributed by atoms with Gasteiger partial charge < -0.3 is 9.64 Å². The van der Waals surface area contributed by atoms with Crippen LogP contribution < -0.4 is 4.90 Å². The zero-order chi connectivity index (χ0) is 20.5. The number of halogens is 1. The predicted molar refractivity (Wildman–Crippen MR) is 99.3 cm³/mol. The van der Waals surface area contributed by atoms with Gasteiger partial charge in [0.1, 0.15) is 17.3 Å². The number of pyridine rings is 1. The van der Waals surface area contributed by atoms with Gasteiger partial charge >= 0.3 is 5.97 Å². The van der Waals surface area contributed by atoms with Crippen LogP contribution in [-0.4, -0.2) is 48.9 Å². The molecule has 0 amide bonds. The van der Waals surface area contributed by atoms with Crippen LogP contribution in [0, 0.1) is 10.1 Å². The molecule has 1 aromatic carbocycles. The first-order chi connectivity index (χ1) is 13.2. The molecule has 0 radical (unpaired) electrons. The highest BCUT2D eigenvalue weighted by atomic mass is 35.5. The minimum absolute atomic E-state index is 0.0880. The number of benzene rings is 1. The molecule has 1 aromatic heterocycles. The number of anilines is 1. The maximum Gasteiger partial charge on any atom is 0.325 e. The van der Waals surface area contributed by atoms with E-state index >= 15 is 0 Å². The van der Waals surface area contributed by atoms with Crippen LogP contribution in [0.15, 0.2) is 41.4 Å². The molecule has 10 nitrogen and oxygen atoms in total. The monoisotopic (exact) mass is 426 g/mol. The second-order valence-electron chi connectivity index (χ2n) is 5.93. The number of nitrogens with zero attached hydrogens (tertiary/aromatic N) is 4. The zero-order valence-corrected chi connectivity index (χ0v) is 16.2. The van der Waals surface area contributed by atoms with Gasteiger partial charge in [0.25, 0.3) is 5.69 Å². The molecule has 0 bridgehead atoms. The molecule has 12 heteroatoms. The summed E-state index contributed by atoms with van der Waals surface area (Å²) in [5.41, 5.74) is 0.276. The van der Waals surface area contributed by atoms with Crippen LogP contribution in [0.4, 0.5) is 11.5 Å². The molecular formula is C16H15ClN4O6S. The molecule has 1 aliphatic rings. The largest absolute Gasteiger partial charge is 0.468 e. The van der Waals surface area contributed by atoms with Gasteiger partial charge in [0.2, 0.25) is 10.0 Å². The summed E-state index contributed by atoms with van der Waals surface area (Å²) in [6.45, 7) is -0.533. The van der Waals surface area contributed by atoms with Gasteiger partial charge in [0.05, 0.1) is 23.7 Å². The van der Waals surface area contributed by atoms with Gasteiger partial charge in [-0.25, -0.2) is 13.4 Å². The van der Waals surface area contributed by atoms with E-state index in [0.717, 1.165) is 4.31 Å². The van der Waals surface area contributed by atoms with Crippen molar-refractivity contribution in [1.82, 2.24) is 9.29 Å². The van der Waals surface area contributed by atoms with Gasteiger partial charge in [-0.3, -0.25) is 14.9 Å². The van der Waals surface area contributed by atoms with Gasteiger partial charge in [-0.2, -0.15) is 4.31 Å². The summed E-state index contributed by atoms with van der Waals surface area (Å²) in [7, 11) is -2.77. The second-order valence-corrected chi connectivity index (χ2v) is 8.28. The van der Waals surface area contributed by atoms with Gasteiger partial charge in [-0.1, -0.05) is 23.7 Å². The Balaban J connectivity index is 2.01. The van der Waals surface area contributed by atoms with E-state index in [1.54, 1.807) is 6.07 Å². The van der Waals surface area contributed by atoms with Crippen molar-refractivity contribution in [3.63, 3.8) is 0 Å². The van der Waals surface area contributed by atoms with E-state index in [-0.39, 0.29) is 41.2 Å². The standard InChI is InChI=1S/C16H15ClN4O6S/c1-27-15(22)9-19-10-20(8-11-3-2-4-13(5-11)21(23)24)28(25,26)14-6-12(17)7-18-16(14)19/h2-7H,8-10H2,1H3. The maximum absolute atomic E-state index is 13.0. The normalized spacial score (nSPS) is 15.7. The third kappa shape index (κ3) is 3.91. The van der Waals surface area contributed by atoms with Crippen LogP contribution in [0.1, 0.15) is 5.56 Å². The maximum atomic E-state index is 13.0. The molecule has 28 heavy (non-hydrogen) atoms. The Hall–Kier alpha value is -2.76.